The highest BCUT2D eigenvalue weighted by Gasteiger charge is 2.36. The van der Waals surface area contributed by atoms with Gasteiger partial charge in [-0.05, 0) is 96.8 Å². The first kappa shape index (κ1) is 38.2. The largest absolute Gasteiger partial charge is 0.476 e. The van der Waals surface area contributed by atoms with E-state index in [2.05, 4.69) is 10.6 Å². The van der Waals surface area contributed by atoms with Crippen molar-refractivity contribution in [3.05, 3.63) is 64.7 Å². The van der Waals surface area contributed by atoms with Crippen LogP contribution in [0.4, 0.5) is 9.59 Å². The van der Waals surface area contributed by atoms with Gasteiger partial charge in [-0.3, -0.25) is 4.79 Å². The van der Waals surface area contributed by atoms with E-state index in [4.69, 9.17) is 30.5 Å². The van der Waals surface area contributed by atoms with E-state index >= 15 is 0 Å². The quantitative estimate of drug-likeness (QED) is 0.176. The standard InChI is InChI=1S/C34H48ClN3O8/c1-22(2)29(44-32(42)38(23(3)4)21-20-37-31(41)46-33(5,6)7)43-30(40)34(8,9)45-27-16-10-24(11-17-27)18-19-36-28(39)25-12-14-26(35)15-13-25/h10-17,22-23,29H,18-21H2,1-9H3,(H,36,39)(H,37,41). The van der Waals surface area contributed by atoms with Crippen molar-refractivity contribution < 1.29 is 38.1 Å². The first-order chi connectivity index (χ1) is 21.4. The third-order valence-corrected chi connectivity index (χ3v) is 6.71. The van der Waals surface area contributed by atoms with E-state index in [0.29, 0.717) is 29.3 Å². The van der Waals surface area contributed by atoms with Crippen molar-refractivity contribution in [2.45, 2.75) is 92.3 Å². The second kappa shape index (κ2) is 17.1. The lowest BCUT2D eigenvalue weighted by Gasteiger charge is -2.31. The number of amides is 3. The van der Waals surface area contributed by atoms with Gasteiger partial charge in [-0.15, -0.1) is 0 Å². The maximum atomic E-state index is 13.2. The van der Waals surface area contributed by atoms with E-state index in [-0.39, 0.29) is 31.0 Å². The predicted octanol–water partition coefficient (Wildman–Crippen LogP) is 6.37. The summed E-state index contributed by atoms with van der Waals surface area (Å²) >= 11 is 5.88. The van der Waals surface area contributed by atoms with Crippen LogP contribution >= 0.6 is 11.6 Å². The summed E-state index contributed by atoms with van der Waals surface area (Å²) in [5, 5.41) is 6.06. The molecule has 0 saturated heterocycles. The van der Waals surface area contributed by atoms with Crippen LogP contribution in [0.5, 0.6) is 5.75 Å². The van der Waals surface area contributed by atoms with Crippen LogP contribution in [0.1, 0.15) is 78.2 Å². The molecule has 46 heavy (non-hydrogen) atoms. The summed E-state index contributed by atoms with van der Waals surface area (Å²) in [7, 11) is 0. The van der Waals surface area contributed by atoms with E-state index in [1.165, 1.54) is 4.90 Å². The Morgan fingerprint density at radius 1 is 0.826 bits per heavy atom. The fraction of sp³-hybridized carbons (Fsp3) is 0.529. The maximum absolute atomic E-state index is 13.2. The number of ether oxygens (including phenoxy) is 4. The lowest BCUT2D eigenvalue weighted by molar-refractivity contribution is -0.191. The van der Waals surface area contributed by atoms with Crippen molar-refractivity contribution in [2.24, 2.45) is 5.92 Å². The molecule has 0 aliphatic rings. The minimum atomic E-state index is -1.40. The first-order valence-corrected chi connectivity index (χ1v) is 15.7. The summed E-state index contributed by atoms with van der Waals surface area (Å²) < 4.78 is 22.4. The van der Waals surface area contributed by atoms with Crippen LogP contribution in [-0.2, 0) is 25.4 Å². The molecule has 0 aliphatic carbocycles. The molecule has 1 atom stereocenters. The van der Waals surface area contributed by atoms with E-state index in [9.17, 15) is 19.2 Å². The molecule has 12 heteroatoms. The Morgan fingerprint density at radius 3 is 1.98 bits per heavy atom. The Kier molecular flexibility index (Phi) is 14.2. The Morgan fingerprint density at radius 2 is 1.43 bits per heavy atom. The number of esters is 1. The van der Waals surface area contributed by atoms with E-state index in [1.54, 1.807) is 84.9 Å². The molecule has 0 spiro atoms. The number of hydrogen-bond acceptors (Lipinski definition) is 8. The molecule has 2 rings (SSSR count). The molecule has 0 radical (unpaired) electrons. The minimum absolute atomic E-state index is 0.145. The lowest BCUT2D eigenvalue weighted by atomic mass is 10.1. The topological polar surface area (TPSA) is 133 Å². The van der Waals surface area contributed by atoms with Gasteiger partial charge >= 0.3 is 18.2 Å². The Labute approximate surface area is 277 Å². The highest BCUT2D eigenvalue weighted by molar-refractivity contribution is 6.30. The van der Waals surface area contributed by atoms with Gasteiger partial charge < -0.3 is 34.5 Å². The molecule has 0 heterocycles. The van der Waals surface area contributed by atoms with Gasteiger partial charge in [-0.1, -0.05) is 37.6 Å². The molecule has 2 aromatic carbocycles. The first-order valence-electron chi connectivity index (χ1n) is 15.3. The van der Waals surface area contributed by atoms with Crippen molar-refractivity contribution >= 4 is 35.7 Å². The van der Waals surface area contributed by atoms with Gasteiger partial charge in [0.15, 0.2) is 5.60 Å². The molecule has 0 aliphatic heterocycles. The maximum Gasteiger partial charge on any atom is 0.413 e. The zero-order valence-corrected chi connectivity index (χ0v) is 29.0. The molecular weight excluding hydrogens is 614 g/mol. The molecule has 2 aromatic rings. The number of benzene rings is 2. The number of carbonyl (C=O) groups excluding carboxylic acids is 4. The second-order valence-electron chi connectivity index (χ2n) is 12.9. The van der Waals surface area contributed by atoms with Gasteiger partial charge in [0, 0.05) is 42.2 Å². The zero-order valence-electron chi connectivity index (χ0n) is 28.3. The summed E-state index contributed by atoms with van der Waals surface area (Å²) in [6.45, 7) is 16.3. The SMILES string of the molecule is CC(C)C(OC(=O)N(CCNC(=O)OC(C)(C)C)C(C)C)OC(=O)C(C)(C)Oc1ccc(CCNC(=O)c2ccc(Cl)cc2)cc1. The van der Waals surface area contributed by atoms with Crippen LogP contribution in [0.3, 0.4) is 0 Å². The van der Waals surface area contributed by atoms with Gasteiger partial charge in [0.1, 0.15) is 11.4 Å². The fourth-order valence-corrected chi connectivity index (χ4v) is 4.07. The highest BCUT2D eigenvalue weighted by Crippen LogP contribution is 2.23. The van der Waals surface area contributed by atoms with Crippen molar-refractivity contribution in [3.63, 3.8) is 0 Å². The molecule has 2 N–H and O–H groups in total. The van der Waals surface area contributed by atoms with Crippen LogP contribution in [0.15, 0.2) is 48.5 Å². The molecule has 1 unspecified atom stereocenters. The van der Waals surface area contributed by atoms with Crippen LogP contribution in [0, 0.1) is 5.92 Å². The second-order valence-corrected chi connectivity index (χ2v) is 13.3. The van der Waals surface area contributed by atoms with Crippen molar-refractivity contribution in [2.75, 3.05) is 19.6 Å². The molecule has 11 nitrogen and oxygen atoms in total. The van der Waals surface area contributed by atoms with E-state index < -0.39 is 35.6 Å². The average Bonchev–Trinajstić information content (AvgIpc) is 2.94. The van der Waals surface area contributed by atoms with Gasteiger partial charge in [-0.2, -0.15) is 0 Å². The van der Waals surface area contributed by atoms with E-state index in [1.807, 2.05) is 26.0 Å². The number of halogens is 1. The highest BCUT2D eigenvalue weighted by atomic mass is 35.5. The van der Waals surface area contributed by atoms with Crippen LogP contribution in [0.25, 0.3) is 0 Å². The summed E-state index contributed by atoms with van der Waals surface area (Å²) in [6, 6.07) is 13.6. The van der Waals surface area contributed by atoms with Crippen molar-refractivity contribution in [1.29, 1.82) is 0 Å². The van der Waals surface area contributed by atoms with Crippen LogP contribution in [0.2, 0.25) is 5.02 Å². The summed E-state index contributed by atoms with van der Waals surface area (Å²) in [6.07, 6.45) is -1.86. The van der Waals surface area contributed by atoms with Crippen LogP contribution < -0.4 is 15.4 Å². The summed E-state index contributed by atoms with van der Waals surface area (Å²) in [5.74, 6) is -0.806. The Balaban J connectivity index is 1.91. The van der Waals surface area contributed by atoms with Gasteiger partial charge in [0.05, 0.1) is 0 Å². The molecule has 0 aromatic heterocycles. The van der Waals surface area contributed by atoms with Gasteiger partial charge in [0.2, 0.25) is 0 Å². The number of rotatable bonds is 14. The third kappa shape index (κ3) is 13.2. The predicted molar refractivity (Wildman–Crippen MR) is 176 cm³/mol. The van der Waals surface area contributed by atoms with Crippen molar-refractivity contribution in [3.8, 4) is 5.75 Å². The third-order valence-electron chi connectivity index (χ3n) is 6.46. The van der Waals surface area contributed by atoms with Crippen molar-refractivity contribution in [1.82, 2.24) is 15.5 Å². The molecule has 254 valence electrons. The number of nitrogens with one attached hydrogen (secondary N) is 2. The lowest BCUT2D eigenvalue weighted by Crippen LogP contribution is -2.47. The summed E-state index contributed by atoms with van der Waals surface area (Å²) in [4.78, 5) is 51.9. The van der Waals surface area contributed by atoms with Crippen LogP contribution in [-0.4, -0.2) is 72.1 Å². The average molecular weight is 662 g/mol. The number of carbonyl (C=O) groups is 4. The number of alkyl carbamates (subject to hydrolysis) is 1. The number of hydrogen-bond donors (Lipinski definition) is 2. The molecule has 0 saturated carbocycles. The summed E-state index contributed by atoms with van der Waals surface area (Å²) in [5.41, 5.74) is -0.549. The molecular formula is C34H48ClN3O8. The smallest absolute Gasteiger partial charge is 0.413 e. The Bertz CT molecular complexity index is 1310. The normalized spacial score (nSPS) is 12.3. The fourth-order valence-electron chi connectivity index (χ4n) is 3.95. The zero-order chi connectivity index (χ0) is 34.7. The Hall–Kier alpha value is -3.99. The molecule has 0 bridgehead atoms. The van der Waals surface area contributed by atoms with Gasteiger partial charge in [0.25, 0.3) is 12.2 Å². The minimum Gasteiger partial charge on any atom is -0.476 e. The monoisotopic (exact) mass is 661 g/mol. The molecule has 0 fully saturated rings. The van der Waals surface area contributed by atoms with E-state index in [0.717, 1.165) is 5.56 Å². The number of nitrogens with zero attached hydrogens (tertiary/aromatic N) is 1. The molecule has 3 amide bonds. The van der Waals surface area contributed by atoms with Gasteiger partial charge in [-0.25, -0.2) is 14.4 Å².